The van der Waals surface area contributed by atoms with E-state index < -0.39 is 0 Å². The fourth-order valence-electron chi connectivity index (χ4n) is 1.83. The number of hydrogen-bond acceptors (Lipinski definition) is 2. The van der Waals surface area contributed by atoms with Gasteiger partial charge in [0.05, 0.1) is 6.10 Å². The van der Waals surface area contributed by atoms with E-state index in [1.165, 1.54) is 23.3 Å². The van der Waals surface area contributed by atoms with Crippen LogP contribution in [-0.2, 0) is 0 Å². The quantitative estimate of drug-likeness (QED) is 0.400. The minimum Gasteiger partial charge on any atom is -0.392 e. The first-order valence-corrected chi connectivity index (χ1v) is 7.69. The van der Waals surface area contributed by atoms with Crippen LogP contribution < -0.4 is 0 Å². The Bertz CT molecular complexity index is 349. The van der Waals surface area contributed by atoms with Crippen LogP contribution in [0.1, 0.15) is 37.7 Å². The Hall–Kier alpha value is -0.730. The lowest BCUT2D eigenvalue weighted by Crippen LogP contribution is -2.09. The van der Waals surface area contributed by atoms with Crippen molar-refractivity contribution in [2.75, 3.05) is 5.75 Å². The van der Waals surface area contributed by atoms with Crippen molar-refractivity contribution in [1.29, 1.82) is 0 Å². The number of hydrogen-bond donors (Lipinski definition) is 1. The number of allylic oxidation sites excluding steroid dienone is 1. The number of aliphatic hydroxyl groups is 1. The van der Waals surface area contributed by atoms with Gasteiger partial charge in [-0.15, -0.1) is 18.3 Å². The minimum atomic E-state index is -0.181. The zero-order valence-corrected chi connectivity index (χ0v) is 12.1. The largest absolute Gasteiger partial charge is 0.392 e. The maximum atomic E-state index is 9.90. The second-order valence-corrected chi connectivity index (χ2v) is 5.80. The molecule has 0 spiro atoms. The van der Waals surface area contributed by atoms with E-state index in [1.807, 2.05) is 6.08 Å². The van der Waals surface area contributed by atoms with Crippen LogP contribution in [0.2, 0.25) is 0 Å². The summed E-state index contributed by atoms with van der Waals surface area (Å²) < 4.78 is 0. The van der Waals surface area contributed by atoms with Crippen molar-refractivity contribution in [2.45, 2.75) is 50.0 Å². The van der Waals surface area contributed by atoms with Gasteiger partial charge < -0.3 is 5.11 Å². The van der Waals surface area contributed by atoms with Crippen LogP contribution in [0.5, 0.6) is 0 Å². The average Bonchev–Trinajstić information content (AvgIpc) is 2.36. The maximum Gasteiger partial charge on any atom is 0.0634 e. The molecule has 2 heteroatoms. The lowest BCUT2D eigenvalue weighted by molar-refractivity contribution is 0.185. The molecule has 0 bridgehead atoms. The van der Waals surface area contributed by atoms with Gasteiger partial charge in [0.2, 0.25) is 0 Å². The summed E-state index contributed by atoms with van der Waals surface area (Å²) in [5.74, 6) is 0.797. The molecule has 1 aromatic carbocycles. The molecule has 0 saturated heterocycles. The average molecular weight is 264 g/mol. The molecule has 1 atom stereocenters. The van der Waals surface area contributed by atoms with E-state index in [4.69, 9.17) is 0 Å². The number of unbranched alkanes of at least 4 members (excludes halogenated alkanes) is 3. The van der Waals surface area contributed by atoms with Gasteiger partial charge in [-0.1, -0.05) is 36.6 Å². The molecule has 1 rings (SSSR count). The second kappa shape index (κ2) is 9.23. The van der Waals surface area contributed by atoms with E-state index in [2.05, 4.69) is 37.8 Å². The third-order valence-electron chi connectivity index (χ3n) is 2.88. The summed E-state index contributed by atoms with van der Waals surface area (Å²) in [6.07, 6.45) is 7.29. The number of thioether (sulfide) groups is 1. The van der Waals surface area contributed by atoms with Crippen molar-refractivity contribution >= 4 is 11.8 Å². The highest BCUT2D eigenvalue weighted by Gasteiger charge is 2.05. The highest BCUT2D eigenvalue weighted by Crippen LogP contribution is 2.21. The second-order valence-electron chi connectivity index (χ2n) is 4.71. The Balaban J connectivity index is 2.13. The van der Waals surface area contributed by atoms with Crippen LogP contribution in [0, 0.1) is 6.92 Å². The Morgan fingerprint density at radius 3 is 2.89 bits per heavy atom. The maximum absolute atomic E-state index is 9.90. The number of benzene rings is 1. The van der Waals surface area contributed by atoms with Crippen molar-refractivity contribution in [3.63, 3.8) is 0 Å². The molecule has 0 aliphatic rings. The summed E-state index contributed by atoms with van der Waals surface area (Å²) in [5.41, 5.74) is 1.28. The molecular formula is C16H24OS. The molecule has 1 N–H and O–H groups in total. The Labute approximate surface area is 115 Å². The Morgan fingerprint density at radius 1 is 1.33 bits per heavy atom. The predicted molar refractivity (Wildman–Crippen MR) is 81.2 cm³/mol. The molecule has 0 aliphatic heterocycles. The van der Waals surface area contributed by atoms with Crippen LogP contribution in [0.4, 0.5) is 0 Å². The first-order valence-electron chi connectivity index (χ1n) is 6.71. The van der Waals surface area contributed by atoms with E-state index in [-0.39, 0.29) is 6.10 Å². The topological polar surface area (TPSA) is 20.2 Å². The third kappa shape index (κ3) is 6.87. The lowest BCUT2D eigenvalue weighted by Gasteiger charge is -2.10. The molecule has 0 amide bonds. The first-order chi connectivity index (χ1) is 8.72. The number of aliphatic hydroxyl groups excluding tert-OH is 1. The van der Waals surface area contributed by atoms with Gasteiger partial charge in [-0.2, -0.15) is 0 Å². The fraction of sp³-hybridized carbons (Fsp3) is 0.500. The summed E-state index contributed by atoms with van der Waals surface area (Å²) in [4.78, 5) is 1.25. The van der Waals surface area contributed by atoms with Gasteiger partial charge >= 0.3 is 0 Å². The highest BCUT2D eigenvalue weighted by molar-refractivity contribution is 7.99. The van der Waals surface area contributed by atoms with Gasteiger partial charge in [0.15, 0.2) is 0 Å². The van der Waals surface area contributed by atoms with Gasteiger partial charge in [0.1, 0.15) is 0 Å². The summed E-state index contributed by atoms with van der Waals surface area (Å²) >= 11 is 1.74. The predicted octanol–water partition coefficient (Wildman–Crippen LogP) is 4.58. The van der Waals surface area contributed by atoms with Crippen LogP contribution in [0.3, 0.4) is 0 Å². The molecule has 1 unspecified atom stereocenters. The van der Waals surface area contributed by atoms with Crippen molar-refractivity contribution in [2.24, 2.45) is 0 Å². The molecule has 0 aliphatic carbocycles. The molecule has 0 fully saturated rings. The van der Waals surface area contributed by atoms with E-state index in [9.17, 15) is 5.11 Å². The van der Waals surface area contributed by atoms with E-state index in [1.54, 1.807) is 11.8 Å². The normalized spacial score (nSPS) is 12.3. The molecule has 1 nitrogen and oxygen atoms in total. The van der Waals surface area contributed by atoms with Crippen molar-refractivity contribution in [3.8, 4) is 0 Å². The molecule has 0 radical (unpaired) electrons. The van der Waals surface area contributed by atoms with Crippen molar-refractivity contribution < 1.29 is 5.11 Å². The molecule has 0 saturated carbocycles. The standard InChI is InChI=1S/C16H24OS/c1-3-4-5-6-7-10-15(17)13-18-16-11-8-9-14(2)12-16/h3,8-9,11-12,15,17H,1,4-7,10,13H2,2H3. The molecular weight excluding hydrogens is 240 g/mol. The summed E-state index contributed by atoms with van der Waals surface area (Å²) in [7, 11) is 0. The third-order valence-corrected chi connectivity index (χ3v) is 4.02. The molecule has 1 aromatic rings. The van der Waals surface area contributed by atoms with Crippen LogP contribution >= 0.6 is 11.8 Å². The highest BCUT2D eigenvalue weighted by atomic mass is 32.2. The van der Waals surface area contributed by atoms with E-state index in [0.717, 1.165) is 25.0 Å². The molecule has 0 aromatic heterocycles. The summed E-state index contributed by atoms with van der Waals surface area (Å²) in [6, 6.07) is 8.44. The van der Waals surface area contributed by atoms with Crippen LogP contribution in [0.15, 0.2) is 41.8 Å². The van der Waals surface area contributed by atoms with E-state index >= 15 is 0 Å². The fourth-order valence-corrected chi connectivity index (χ4v) is 2.82. The Morgan fingerprint density at radius 2 is 2.17 bits per heavy atom. The van der Waals surface area contributed by atoms with Crippen LogP contribution in [-0.4, -0.2) is 17.0 Å². The molecule has 0 heterocycles. The minimum absolute atomic E-state index is 0.181. The smallest absolute Gasteiger partial charge is 0.0634 e. The molecule has 100 valence electrons. The SMILES string of the molecule is C=CCCCCCC(O)CSc1cccc(C)c1. The lowest BCUT2D eigenvalue weighted by atomic mass is 10.1. The van der Waals surface area contributed by atoms with Gasteiger partial charge in [0, 0.05) is 10.6 Å². The van der Waals surface area contributed by atoms with E-state index in [0.29, 0.717) is 0 Å². The van der Waals surface area contributed by atoms with Gasteiger partial charge in [-0.25, -0.2) is 0 Å². The van der Waals surface area contributed by atoms with Gasteiger partial charge in [-0.05, 0) is 38.3 Å². The van der Waals surface area contributed by atoms with Gasteiger partial charge in [-0.3, -0.25) is 0 Å². The summed E-state index contributed by atoms with van der Waals surface area (Å²) in [6.45, 7) is 5.81. The number of rotatable bonds is 9. The summed E-state index contributed by atoms with van der Waals surface area (Å²) in [5, 5.41) is 9.90. The number of aryl methyl sites for hydroxylation is 1. The first kappa shape index (κ1) is 15.3. The zero-order valence-electron chi connectivity index (χ0n) is 11.3. The van der Waals surface area contributed by atoms with Crippen LogP contribution in [0.25, 0.3) is 0 Å². The van der Waals surface area contributed by atoms with Crippen molar-refractivity contribution in [1.82, 2.24) is 0 Å². The van der Waals surface area contributed by atoms with Gasteiger partial charge in [0.25, 0.3) is 0 Å². The zero-order chi connectivity index (χ0) is 13.2. The molecule has 18 heavy (non-hydrogen) atoms. The monoisotopic (exact) mass is 264 g/mol. The van der Waals surface area contributed by atoms with Crippen molar-refractivity contribution in [3.05, 3.63) is 42.5 Å². The Kier molecular flexibility index (Phi) is 7.86.